The van der Waals surface area contributed by atoms with Crippen LogP contribution in [-0.2, 0) is 27.3 Å². The van der Waals surface area contributed by atoms with E-state index in [1.54, 1.807) is 4.90 Å². The van der Waals surface area contributed by atoms with Crippen LogP contribution in [0, 0.1) is 0 Å². The first-order chi connectivity index (χ1) is 10.1. The summed E-state index contributed by atoms with van der Waals surface area (Å²) in [6, 6.07) is 0. The highest BCUT2D eigenvalue weighted by Gasteiger charge is 2.20. The van der Waals surface area contributed by atoms with Crippen molar-refractivity contribution in [2.24, 2.45) is 0 Å². The second-order valence-corrected chi connectivity index (χ2v) is 4.69. The van der Waals surface area contributed by atoms with Crippen LogP contribution < -0.4 is 5.32 Å². The van der Waals surface area contributed by atoms with Gasteiger partial charge in [0, 0.05) is 13.1 Å². The van der Waals surface area contributed by atoms with Crippen molar-refractivity contribution in [2.45, 2.75) is 25.8 Å². The third-order valence-corrected chi connectivity index (χ3v) is 3.11. The second kappa shape index (κ2) is 6.77. The fraction of sp³-hybridized carbons (Fsp3) is 0.636. The number of aromatic nitrogens is 4. The Kier molecular flexibility index (Phi) is 4.80. The van der Waals surface area contributed by atoms with Crippen LogP contribution in [0.5, 0.6) is 0 Å². The van der Waals surface area contributed by atoms with Gasteiger partial charge in [0.15, 0.2) is 5.82 Å². The summed E-state index contributed by atoms with van der Waals surface area (Å²) < 4.78 is 1.26. The molecule has 10 heteroatoms. The molecular weight excluding hydrogens is 280 g/mol. The van der Waals surface area contributed by atoms with Crippen LogP contribution in [0.25, 0.3) is 0 Å². The van der Waals surface area contributed by atoms with E-state index < -0.39 is 18.4 Å². The maximum Gasteiger partial charge on any atom is 0.322 e. The van der Waals surface area contributed by atoms with Gasteiger partial charge in [-0.25, -0.2) is 4.68 Å². The number of carbonyl (C=O) groups excluding carboxylic acids is 2. The van der Waals surface area contributed by atoms with Crippen molar-refractivity contribution < 1.29 is 19.5 Å². The number of aliphatic carboxylic acids is 1. The van der Waals surface area contributed by atoms with Gasteiger partial charge in [-0.05, 0) is 23.3 Å². The molecule has 0 aromatic carbocycles. The first-order valence-electron chi connectivity index (χ1n) is 6.57. The highest BCUT2D eigenvalue weighted by molar-refractivity contribution is 5.82. The molecule has 1 aromatic heterocycles. The Labute approximate surface area is 120 Å². The van der Waals surface area contributed by atoms with Gasteiger partial charge in [0.2, 0.25) is 11.8 Å². The Hall–Kier alpha value is -2.52. The van der Waals surface area contributed by atoms with Crippen molar-refractivity contribution in [3.8, 4) is 0 Å². The molecule has 0 unspecified atom stereocenters. The van der Waals surface area contributed by atoms with Crippen LogP contribution in [0.2, 0.25) is 0 Å². The van der Waals surface area contributed by atoms with E-state index in [4.69, 9.17) is 5.11 Å². The van der Waals surface area contributed by atoms with Gasteiger partial charge < -0.3 is 15.3 Å². The van der Waals surface area contributed by atoms with Crippen LogP contribution in [0.3, 0.4) is 0 Å². The number of carboxylic acids is 1. The zero-order chi connectivity index (χ0) is 15.2. The number of carbonyl (C=O) groups is 3. The fourth-order valence-electron chi connectivity index (χ4n) is 2.05. The Morgan fingerprint density at radius 3 is 2.62 bits per heavy atom. The quantitative estimate of drug-likeness (QED) is 0.623. The maximum atomic E-state index is 12.0. The van der Waals surface area contributed by atoms with Crippen LogP contribution in [0.1, 0.15) is 18.7 Å². The number of tetrazole rings is 1. The summed E-state index contributed by atoms with van der Waals surface area (Å²) in [4.78, 5) is 35.6. The highest BCUT2D eigenvalue weighted by Crippen LogP contribution is 2.08. The number of carboxylic acid groups (broad SMARTS) is 1. The molecule has 2 N–H and O–H groups in total. The molecule has 1 fully saturated rings. The Bertz CT molecular complexity index is 537. The maximum absolute atomic E-state index is 12.0. The fourth-order valence-corrected chi connectivity index (χ4v) is 2.05. The first-order valence-corrected chi connectivity index (χ1v) is 6.57. The molecule has 0 aliphatic carbocycles. The molecule has 0 bridgehead atoms. The molecular formula is C11H16N6O4. The van der Waals surface area contributed by atoms with Crippen LogP contribution in [0.15, 0.2) is 0 Å². The number of amides is 2. The lowest BCUT2D eigenvalue weighted by molar-refractivity contribution is -0.137. The normalized spacial score (nSPS) is 14.2. The lowest BCUT2D eigenvalue weighted by atomic mass is 10.3. The van der Waals surface area contributed by atoms with Crippen molar-refractivity contribution in [3.63, 3.8) is 0 Å². The largest absolute Gasteiger partial charge is 0.480 e. The molecule has 2 heterocycles. The van der Waals surface area contributed by atoms with Gasteiger partial charge >= 0.3 is 5.97 Å². The number of hydrogen-bond donors (Lipinski definition) is 2. The minimum atomic E-state index is -1.13. The smallest absolute Gasteiger partial charge is 0.322 e. The molecule has 0 saturated carbocycles. The van der Waals surface area contributed by atoms with Crippen molar-refractivity contribution in [2.75, 3.05) is 19.6 Å². The molecule has 2 rings (SSSR count). The summed E-state index contributed by atoms with van der Waals surface area (Å²) in [6.45, 7) is 0.979. The number of rotatable bonds is 6. The van der Waals surface area contributed by atoms with Gasteiger partial charge in [-0.3, -0.25) is 14.4 Å². The number of hydrogen-bond acceptors (Lipinski definition) is 6. The minimum absolute atomic E-state index is 0.0193. The van der Waals surface area contributed by atoms with Crippen LogP contribution in [0.4, 0.5) is 0 Å². The van der Waals surface area contributed by atoms with Gasteiger partial charge in [-0.15, -0.1) is 5.10 Å². The van der Waals surface area contributed by atoms with E-state index in [9.17, 15) is 14.4 Å². The summed E-state index contributed by atoms with van der Waals surface area (Å²) in [5.74, 6) is -1.51. The molecule has 0 radical (unpaired) electrons. The molecule has 10 nitrogen and oxygen atoms in total. The Morgan fingerprint density at radius 1 is 1.24 bits per heavy atom. The predicted octanol–water partition coefficient (Wildman–Crippen LogP) is -1.96. The number of nitrogens with one attached hydrogen (secondary N) is 1. The highest BCUT2D eigenvalue weighted by atomic mass is 16.4. The molecule has 1 saturated heterocycles. The summed E-state index contributed by atoms with van der Waals surface area (Å²) in [7, 11) is 0. The van der Waals surface area contributed by atoms with E-state index in [0.717, 1.165) is 25.9 Å². The van der Waals surface area contributed by atoms with Crippen molar-refractivity contribution >= 4 is 17.8 Å². The van der Waals surface area contributed by atoms with E-state index in [0.29, 0.717) is 0 Å². The van der Waals surface area contributed by atoms with E-state index in [1.165, 1.54) is 4.68 Å². The predicted molar refractivity (Wildman–Crippen MR) is 68.0 cm³/mol. The average Bonchev–Trinajstić information content (AvgIpc) is 3.08. The van der Waals surface area contributed by atoms with Crippen LogP contribution in [-0.4, -0.2) is 67.6 Å². The topological polar surface area (TPSA) is 130 Å². The summed E-state index contributed by atoms with van der Waals surface area (Å²) in [6.07, 6.45) is 1.81. The van der Waals surface area contributed by atoms with E-state index >= 15 is 0 Å². The monoisotopic (exact) mass is 296 g/mol. The lowest BCUT2D eigenvalue weighted by Crippen LogP contribution is -2.34. The summed E-state index contributed by atoms with van der Waals surface area (Å²) in [5.41, 5.74) is 0. The van der Waals surface area contributed by atoms with Gasteiger partial charge in [0.05, 0.1) is 6.42 Å². The third-order valence-electron chi connectivity index (χ3n) is 3.11. The van der Waals surface area contributed by atoms with Gasteiger partial charge in [0.1, 0.15) is 13.1 Å². The van der Waals surface area contributed by atoms with Crippen molar-refractivity contribution in [3.05, 3.63) is 5.82 Å². The molecule has 0 atom stereocenters. The van der Waals surface area contributed by atoms with E-state index in [-0.39, 0.29) is 24.7 Å². The Balaban J connectivity index is 1.90. The lowest BCUT2D eigenvalue weighted by Gasteiger charge is -2.15. The standard InChI is InChI=1S/C11H16N6O4/c18-9(12-6-11(20)21)5-8-13-14-15-17(8)7-10(19)16-3-1-2-4-16/h1-7H2,(H,12,18)(H,20,21). The molecule has 21 heavy (non-hydrogen) atoms. The summed E-state index contributed by atoms with van der Waals surface area (Å²) >= 11 is 0. The number of nitrogens with zero attached hydrogens (tertiary/aromatic N) is 5. The first kappa shape index (κ1) is 14.9. The third kappa shape index (κ3) is 4.23. The molecule has 2 amide bonds. The van der Waals surface area contributed by atoms with Gasteiger partial charge in [-0.2, -0.15) is 0 Å². The zero-order valence-corrected chi connectivity index (χ0v) is 11.4. The molecule has 0 spiro atoms. The van der Waals surface area contributed by atoms with Gasteiger partial charge in [-0.1, -0.05) is 0 Å². The SMILES string of the molecule is O=C(O)CNC(=O)Cc1nnnn1CC(=O)N1CCCC1. The zero-order valence-electron chi connectivity index (χ0n) is 11.4. The van der Waals surface area contributed by atoms with Crippen molar-refractivity contribution in [1.29, 1.82) is 0 Å². The van der Waals surface area contributed by atoms with Gasteiger partial charge in [0.25, 0.3) is 0 Å². The molecule has 1 aliphatic rings. The molecule has 1 aliphatic heterocycles. The van der Waals surface area contributed by atoms with Crippen molar-refractivity contribution in [1.82, 2.24) is 30.4 Å². The minimum Gasteiger partial charge on any atom is -0.480 e. The average molecular weight is 296 g/mol. The van der Waals surface area contributed by atoms with E-state index in [1.807, 2.05) is 0 Å². The van der Waals surface area contributed by atoms with E-state index in [2.05, 4.69) is 20.8 Å². The summed E-state index contributed by atoms with van der Waals surface area (Å²) in [5, 5.41) is 21.5. The second-order valence-electron chi connectivity index (χ2n) is 4.69. The van der Waals surface area contributed by atoms with Crippen LogP contribution >= 0.6 is 0 Å². The molecule has 114 valence electrons. The number of likely N-dealkylation sites (tertiary alicyclic amines) is 1. The Morgan fingerprint density at radius 2 is 1.95 bits per heavy atom. The molecule has 1 aromatic rings.